The van der Waals surface area contributed by atoms with Crippen molar-refractivity contribution in [1.29, 1.82) is 0 Å². The molecule has 2 aromatic carbocycles. The molecule has 19 heavy (non-hydrogen) atoms. The number of benzene rings is 2. The van der Waals surface area contributed by atoms with Crippen LogP contribution in [-0.2, 0) is 12.3 Å². The largest absolute Gasteiger partial charge is 0.326 e. The Labute approximate surface area is 118 Å². The second-order valence-electron chi connectivity index (χ2n) is 4.78. The van der Waals surface area contributed by atoms with Gasteiger partial charge in [-0.25, -0.2) is 4.39 Å². The third-order valence-electron chi connectivity index (χ3n) is 2.85. The normalized spacial score (nSPS) is 10.7. The van der Waals surface area contributed by atoms with Crippen molar-refractivity contribution in [3.63, 3.8) is 0 Å². The van der Waals surface area contributed by atoms with Gasteiger partial charge >= 0.3 is 0 Å². The maximum atomic E-state index is 13.4. The van der Waals surface area contributed by atoms with E-state index in [1.165, 1.54) is 22.8 Å². The average Bonchev–Trinajstić information content (AvgIpc) is 2.34. The van der Waals surface area contributed by atoms with Gasteiger partial charge in [0, 0.05) is 17.2 Å². The minimum atomic E-state index is -0.217. The van der Waals surface area contributed by atoms with E-state index in [4.69, 9.17) is 5.73 Å². The number of hydrogen-bond acceptors (Lipinski definition) is 2. The number of thioether (sulfide) groups is 1. The summed E-state index contributed by atoms with van der Waals surface area (Å²) >= 11 is 1.64. The average molecular weight is 275 g/mol. The van der Waals surface area contributed by atoms with Gasteiger partial charge in [0.1, 0.15) is 5.82 Å². The van der Waals surface area contributed by atoms with Crippen LogP contribution in [0.25, 0.3) is 0 Å². The number of halogens is 1. The SMILES string of the molecule is Cc1cc(C)cc(CSc2cc(F)cc(CN)c2)c1. The van der Waals surface area contributed by atoms with Gasteiger partial charge < -0.3 is 5.73 Å². The number of rotatable bonds is 4. The Kier molecular flexibility index (Phi) is 4.61. The molecule has 0 aliphatic heterocycles. The van der Waals surface area contributed by atoms with Gasteiger partial charge in [-0.05, 0) is 43.2 Å². The van der Waals surface area contributed by atoms with Crippen LogP contribution in [0.15, 0.2) is 41.3 Å². The zero-order valence-electron chi connectivity index (χ0n) is 11.2. The summed E-state index contributed by atoms with van der Waals surface area (Å²) in [6, 6.07) is 11.5. The van der Waals surface area contributed by atoms with E-state index in [0.29, 0.717) is 6.54 Å². The quantitative estimate of drug-likeness (QED) is 0.847. The molecule has 0 saturated carbocycles. The second-order valence-corrected chi connectivity index (χ2v) is 5.83. The molecule has 0 aromatic heterocycles. The molecule has 2 rings (SSSR count). The molecule has 3 heteroatoms. The lowest BCUT2D eigenvalue weighted by molar-refractivity contribution is 0.621. The van der Waals surface area contributed by atoms with Crippen molar-refractivity contribution >= 4 is 11.8 Å². The molecule has 1 nitrogen and oxygen atoms in total. The van der Waals surface area contributed by atoms with Crippen molar-refractivity contribution in [3.8, 4) is 0 Å². The molecule has 0 radical (unpaired) electrons. The van der Waals surface area contributed by atoms with Gasteiger partial charge in [-0.2, -0.15) is 0 Å². The molecule has 0 aliphatic carbocycles. The molecular weight excluding hydrogens is 257 g/mol. The molecule has 2 N–H and O–H groups in total. The number of nitrogens with two attached hydrogens (primary N) is 1. The minimum Gasteiger partial charge on any atom is -0.326 e. The molecule has 0 spiro atoms. The van der Waals surface area contributed by atoms with Crippen LogP contribution < -0.4 is 5.73 Å². The van der Waals surface area contributed by atoms with E-state index in [0.717, 1.165) is 16.2 Å². The fourth-order valence-electron chi connectivity index (χ4n) is 2.14. The molecular formula is C16H18FNS. The number of aryl methyl sites for hydroxylation is 2. The van der Waals surface area contributed by atoms with Crippen LogP contribution in [0, 0.1) is 19.7 Å². The first-order chi connectivity index (χ1) is 9.06. The summed E-state index contributed by atoms with van der Waals surface area (Å²) in [5, 5.41) is 0. The van der Waals surface area contributed by atoms with Crippen LogP contribution in [0.1, 0.15) is 22.3 Å². The molecule has 0 unspecified atom stereocenters. The summed E-state index contributed by atoms with van der Waals surface area (Å²) < 4.78 is 13.4. The smallest absolute Gasteiger partial charge is 0.124 e. The fraction of sp³-hybridized carbons (Fsp3) is 0.250. The van der Waals surface area contributed by atoms with Crippen LogP contribution >= 0.6 is 11.8 Å². The molecule has 2 aromatic rings. The van der Waals surface area contributed by atoms with Gasteiger partial charge in [0.2, 0.25) is 0 Å². The molecule has 0 fully saturated rings. The van der Waals surface area contributed by atoms with Gasteiger partial charge in [0.25, 0.3) is 0 Å². The summed E-state index contributed by atoms with van der Waals surface area (Å²) in [4.78, 5) is 0.930. The zero-order chi connectivity index (χ0) is 13.8. The van der Waals surface area contributed by atoms with Crippen LogP contribution in [-0.4, -0.2) is 0 Å². The van der Waals surface area contributed by atoms with Crippen molar-refractivity contribution in [3.05, 3.63) is 64.5 Å². The molecule has 0 aliphatic rings. The van der Waals surface area contributed by atoms with Gasteiger partial charge in [-0.15, -0.1) is 11.8 Å². The predicted molar refractivity (Wildman–Crippen MR) is 79.8 cm³/mol. The summed E-state index contributed by atoms with van der Waals surface area (Å²) in [5.41, 5.74) is 10.2. The lowest BCUT2D eigenvalue weighted by Crippen LogP contribution is -1.97. The Hall–Kier alpha value is -1.32. The zero-order valence-corrected chi connectivity index (χ0v) is 12.1. The maximum Gasteiger partial charge on any atom is 0.124 e. The summed E-state index contributed by atoms with van der Waals surface area (Å²) in [6.07, 6.45) is 0. The highest BCUT2D eigenvalue weighted by molar-refractivity contribution is 7.98. The summed E-state index contributed by atoms with van der Waals surface area (Å²) in [6.45, 7) is 4.56. The van der Waals surface area contributed by atoms with Gasteiger partial charge in [0.05, 0.1) is 0 Å². The highest BCUT2D eigenvalue weighted by atomic mass is 32.2. The fourth-order valence-corrected chi connectivity index (χ4v) is 3.07. The van der Waals surface area contributed by atoms with Crippen molar-refractivity contribution in [2.24, 2.45) is 5.73 Å². The van der Waals surface area contributed by atoms with E-state index >= 15 is 0 Å². The van der Waals surface area contributed by atoms with Crippen LogP contribution in [0.4, 0.5) is 4.39 Å². The Bertz CT molecular complexity index is 561. The van der Waals surface area contributed by atoms with Gasteiger partial charge in [-0.1, -0.05) is 29.3 Å². The van der Waals surface area contributed by atoms with E-state index in [1.807, 2.05) is 6.07 Å². The van der Waals surface area contributed by atoms with E-state index in [2.05, 4.69) is 32.0 Å². The Morgan fingerprint density at radius 1 is 0.947 bits per heavy atom. The standard InChI is InChI=1S/C16H18FNS/c1-11-3-12(2)5-14(4-11)10-19-16-7-13(9-18)6-15(17)8-16/h3-8H,9-10,18H2,1-2H3. The van der Waals surface area contributed by atoms with E-state index in [-0.39, 0.29) is 5.82 Å². The first kappa shape index (κ1) is 14.1. The van der Waals surface area contributed by atoms with Crippen molar-refractivity contribution in [1.82, 2.24) is 0 Å². The van der Waals surface area contributed by atoms with Crippen molar-refractivity contribution in [2.75, 3.05) is 0 Å². The third-order valence-corrected chi connectivity index (χ3v) is 3.90. The van der Waals surface area contributed by atoms with Crippen LogP contribution in [0.2, 0.25) is 0 Å². The molecule has 0 bridgehead atoms. The van der Waals surface area contributed by atoms with Crippen molar-refractivity contribution in [2.45, 2.75) is 31.0 Å². The molecule has 0 amide bonds. The molecule has 0 heterocycles. The minimum absolute atomic E-state index is 0.217. The van der Waals surface area contributed by atoms with Crippen molar-refractivity contribution < 1.29 is 4.39 Å². The second kappa shape index (κ2) is 6.22. The Morgan fingerprint density at radius 3 is 2.26 bits per heavy atom. The monoisotopic (exact) mass is 275 g/mol. The molecule has 0 saturated heterocycles. The molecule has 0 atom stereocenters. The summed E-state index contributed by atoms with van der Waals surface area (Å²) in [7, 11) is 0. The summed E-state index contributed by atoms with van der Waals surface area (Å²) in [5.74, 6) is 0.626. The van der Waals surface area contributed by atoms with Gasteiger partial charge in [-0.3, -0.25) is 0 Å². The highest BCUT2D eigenvalue weighted by Crippen LogP contribution is 2.25. The highest BCUT2D eigenvalue weighted by Gasteiger charge is 2.02. The van der Waals surface area contributed by atoms with Gasteiger partial charge in [0.15, 0.2) is 0 Å². The Balaban J connectivity index is 2.11. The predicted octanol–water partition coefficient (Wildman–Crippen LogP) is 4.19. The third kappa shape index (κ3) is 4.08. The van der Waals surface area contributed by atoms with Crippen LogP contribution in [0.5, 0.6) is 0 Å². The number of hydrogen-bond donors (Lipinski definition) is 1. The van der Waals surface area contributed by atoms with Crippen LogP contribution in [0.3, 0.4) is 0 Å². The lowest BCUT2D eigenvalue weighted by Gasteiger charge is -2.07. The van der Waals surface area contributed by atoms with E-state index in [9.17, 15) is 4.39 Å². The Morgan fingerprint density at radius 2 is 1.63 bits per heavy atom. The first-order valence-electron chi connectivity index (χ1n) is 6.26. The first-order valence-corrected chi connectivity index (χ1v) is 7.25. The molecule has 100 valence electrons. The van der Waals surface area contributed by atoms with E-state index < -0.39 is 0 Å². The maximum absolute atomic E-state index is 13.4. The lowest BCUT2D eigenvalue weighted by atomic mass is 10.1. The topological polar surface area (TPSA) is 26.0 Å². The van der Waals surface area contributed by atoms with E-state index in [1.54, 1.807) is 17.8 Å².